The van der Waals surface area contributed by atoms with E-state index in [0.717, 1.165) is 77.0 Å². The maximum atomic E-state index is 12.9. The molecule has 0 heterocycles. The van der Waals surface area contributed by atoms with E-state index in [1.54, 1.807) is 0 Å². The van der Waals surface area contributed by atoms with Crippen LogP contribution < -0.4 is 0 Å². The van der Waals surface area contributed by atoms with Gasteiger partial charge in [0.05, 0.1) is 0 Å². The molecule has 0 amide bonds. The quantitative estimate of drug-likeness (QED) is 0.0261. The summed E-state index contributed by atoms with van der Waals surface area (Å²) in [7, 11) is 0. The fourth-order valence-corrected chi connectivity index (χ4v) is 10.2. The minimum absolute atomic E-state index is 0.0702. The van der Waals surface area contributed by atoms with Gasteiger partial charge in [-0.05, 0) is 83.5 Å². The zero-order chi connectivity index (χ0) is 55.7. The highest BCUT2D eigenvalue weighted by Crippen LogP contribution is 2.18. The molecule has 450 valence electrons. The molecule has 0 bridgehead atoms. The van der Waals surface area contributed by atoms with Gasteiger partial charge in [0, 0.05) is 19.3 Å². The molecule has 0 N–H and O–H groups in total. The van der Waals surface area contributed by atoms with Gasteiger partial charge in [-0.1, -0.05) is 313 Å². The Morgan fingerprint density at radius 3 is 0.766 bits per heavy atom. The number of allylic oxidation sites excluding steroid dienone is 8. The zero-order valence-corrected chi connectivity index (χ0v) is 51.7. The Kier molecular flexibility index (Phi) is 63.6. The summed E-state index contributed by atoms with van der Waals surface area (Å²) in [5.74, 6) is -0.857. The van der Waals surface area contributed by atoms with Crippen molar-refractivity contribution in [2.24, 2.45) is 0 Å². The van der Waals surface area contributed by atoms with Gasteiger partial charge in [0.15, 0.2) is 6.10 Å². The second-order valence-corrected chi connectivity index (χ2v) is 23.1. The van der Waals surface area contributed by atoms with Crippen LogP contribution in [0.4, 0.5) is 0 Å². The fourth-order valence-electron chi connectivity index (χ4n) is 10.2. The molecule has 0 spiro atoms. The first-order valence-corrected chi connectivity index (χ1v) is 34.1. The molecule has 1 unspecified atom stereocenters. The summed E-state index contributed by atoms with van der Waals surface area (Å²) in [5.41, 5.74) is 0. The minimum Gasteiger partial charge on any atom is -0.462 e. The summed E-state index contributed by atoms with van der Waals surface area (Å²) in [6, 6.07) is 0. The summed E-state index contributed by atoms with van der Waals surface area (Å²) >= 11 is 0. The van der Waals surface area contributed by atoms with Crippen LogP contribution in [0.1, 0.15) is 367 Å². The molecule has 77 heavy (non-hydrogen) atoms. The molecule has 0 saturated heterocycles. The highest BCUT2D eigenvalue weighted by atomic mass is 16.6. The number of esters is 3. The Hall–Kier alpha value is -2.63. The molecule has 0 aliphatic heterocycles. The third kappa shape index (κ3) is 64.1. The van der Waals surface area contributed by atoms with Crippen molar-refractivity contribution in [3.63, 3.8) is 0 Å². The van der Waals surface area contributed by atoms with Crippen molar-refractivity contribution < 1.29 is 28.6 Å². The molecule has 0 aromatic carbocycles. The molecule has 0 aliphatic rings. The molecular weight excluding hydrogens is 949 g/mol. The van der Waals surface area contributed by atoms with Gasteiger partial charge in [0.1, 0.15) is 13.2 Å². The topological polar surface area (TPSA) is 78.9 Å². The maximum Gasteiger partial charge on any atom is 0.306 e. The number of hydrogen-bond donors (Lipinski definition) is 0. The Morgan fingerprint density at radius 2 is 0.468 bits per heavy atom. The van der Waals surface area contributed by atoms with Crippen LogP contribution >= 0.6 is 0 Å². The van der Waals surface area contributed by atoms with Crippen molar-refractivity contribution >= 4 is 17.9 Å². The fraction of sp³-hybridized carbons (Fsp3) is 0.845. The van der Waals surface area contributed by atoms with Crippen molar-refractivity contribution in [2.75, 3.05) is 13.2 Å². The Balaban J connectivity index is 4.08. The molecule has 0 radical (unpaired) electrons. The highest BCUT2D eigenvalue weighted by Gasteiger charge is 2.19. The van der Waals surface area contributed by atoms with Crippen LogP contribution in [0.3, 0.4) is 0 Å². The van der Waals surface area contributed by atoms with Gasteiger partial charge >= 0.3 is 17.9 Å². The number of unbranched alkanes of at least 4 members (excludes halogenated alkanes) is 44. The molecule has 0 rings (SSSR count). The van der Waals surface area contributed by atoms with Crippen LogP contribution in [-0.4, -0.2) is 37.2 Å². The van der Waals surface area contributed by atoms with Gasteiger partial charge in [-0.15, -0.1) is 0 Å². The van der Waals surface area contributed by atoms with Crippen molar-refractivity contribution in [3.8, 4) is 0 Å². The summed E-state index contributed by atoms with van der Waals surface area (Å²) in [4.78, 5) is 38.2. The lowest BCUT2D eigenvalue weighted by Crippen LogP contribution is -2.30. The summed E-state index contributed by atoms with van der Waals surface area (Å²) in [6.45, 7) is 6.65. The SMILES string of the molecule is CCCCC/C=C\CCCCCCCC(=O)OCC(COC(=O)CCCCCCCCCCCCCCCCCCCC/C=C\C/C=C\C/C=C\CCCCCCC)OC(=O)CCCCCCCCCCCCCCCC. The monoisotopic (exact) mass is 1080 g/mol. The predicted octanol–water partition coefficient (Wildman–Crippen LogP) is 23.3. The van der Waals surface area contributed by atoms with Crippen LogP contribution in [0.15, 0.2) is 48.6 Å². The number of rotatable bonds is 63. The molecule has 0 fully saturated rings. The van der Waals surface area contributed by atoms with E-state index < -0.39 is 6.10 Å². The lowest BCUT2D eigenvalue weighted by Gasteiger charge is -2.18. The Labute approximate surface area is 479 Å². The van der Waals surface area contributed by atoms with Crippen molar-refractivity contribution in [2.45, 2.75) is 374 Å². The molecule has 0 saturated carbocycles. The van der Waals surface area contributed by atoms with Crippen LogP contribution in [0.2, 0.25) is 0 Å². The van der Waals surface area contributed by atoms with Crippen LogP contribution in [0, 0.1) is 0 Å². The molecule has 0 aromatic rings. The number of carbonyl (C=O) groups excluding carboxylic acids is 3. The van der Waals surface area contributed by atoms with Gasteiger partial charge in [0.2, 0.25) is 0 Å². The molecule has 0 aromatic heterocycles. The van der Waals surface area contributed by atoms with Gasteiger partial charge in [-0.2, -0.15) is 0 Å². The summed E-state index contributed by atoms with van der Waals surface area (Å²) in [6.07, 6.45) is 82.9. The molecule has 0 aliphatic carbocycles. The average molecular weight is 1080 g/mol. The van der Waals surface area contributed by atoms with E-state index in [-0.39, 0.29) is 31.1 Å². The predicted molar refractivity (Wildman–Crippen MR) is 335 cm³/mol. The molecule has 1 atom stereocenters. The van der Waals surface area contributed by atoms with E-state index in [4.69, 9.17) is 14.2 Å². The molecule has 6 nitrogen and oxygen atoms in total. The van der Waals surface area contributed by atoms with E-state index in [9.17, 15) is 14.4 Å². The normalized spacial score (nSPS) is 12.3. The first kappa shape index (κ1) is 74.4. The highest BCUT2D eigenvalue weighted by molar-refractivity contribution is 5.71. The first-order chi connectivity index (χ1) is 38.0. The van der Waals surface area contributed by atoms with E-state index in [0.29, 0.717) is 19.3 Å². The summed E-state index contributed by atoms with van der Waals surface area (Å²) < 4.78 is 16.9. The van der Waals surface area contributed by atoms with Crippen molar-refractivity contribution in [3.05, 3.63) is 48.6 Å². The largest absolute Gasteiger partial charge is 0.462 e. The van der Waals surface area contributed by atoms with Gasteiger partial charge in [-0.3, -0.25) is 14.4 Å². The summed E-state index contributed by atoms with van der Waals surface area (Å²) in [5, 5.41) is 0. The van der Waals surface area contributed by atoms with Crippen molar-refractivity contribution in [1.82, 2.24) is 0 Å². The van der Waals surface area contributed by atoms with Crippen LogP contribution in [0.5, 0.6) is 0 Å². The zero-order valence-electron chi connectivity index (χ0n) is 51.7. The van der Waals surface area contributed by atoms with Gasteiger partial charge in [-0.25, -0.2) is 0 Å². The second-order valence-electron chi connectivity index (χ2n) is 23.1. The van der Waals surface area contributed by atoms with Crippen molar-refractivity contribution in [1.29, 1.82) is 0 Å². The van der Waals surface area contributed by atoms with Crippen LogP contribution in [-0.2, 0) is 28.6 Å². The average Bonchev–Trinajstić information content (AvgIpc) is 3.43. The lowest BCUT2D eigenvalue weighted by molar-refractivity contribution is -0.167. The lowest BCUT2D eigenvalue weighted by atomic mass is 10.0. The first-order valence-electron chi connectivity index (χ1n) is 34.1. The Morgan fingerprint density at radius 1 is 0.260 bits per heavy atom. The van der Waals surface area contributed by atoms with Gasteiger partial charge in [0.25, 0.3) is 0 Å². The Bertz CT molecular complexity index is 1330. The van der Waals surface area contributed by atoms with Crippen LogP contribution in [0.25, 0.3) is 0 Å². The standard InChI is InChI=1S/C71H130O6/c1-4-7-10-13-16-19-22-25-27-28-29-30-31-32-33-34-35-36-37-38-39-40-41-42-43-44-45-47-49-52-55-58-61-64-70(73)76-67-68(66-75-69(72)63-60-57-54-51-48-24-21-18-15-12-9-6-3)77-71(74)65-62-59-56-53-50-46-26-23-20-17-14-11-8-5-2/h18,21-22,25,28-29,31-32,68H,4-17,19-20,23-24,26-27,30,33-67H2,1-3H3/b21-18-,25-22-,29-28-,32-31-. The maximum absolute atomic E-state index is 12.9. The van der Waals surface area contributed by atoms with Gasteiger partial charge < -0.3 is 14.2 Å². The minimum atomic E-state index is -0.772. The van der Waals surface area contributed by atoms with E-state index in [2.05, 4.69) is 69.4 Å². The third-order valence-corrected chi connectivity index (χ3v) is 15.3. The van der Waals surface area contributed by atoms with E-state index in [1.165, 1.54) is 250 Å². The van der Waals surface area contributed by atoms with E-state index >= 15 is 0 Å². The smallest absolute Gasteiger partial charge is 0.306 e. The molecule has 6 heteroatoms. The molecular formula is C71H130O6. The second kappa shape index (κ2) is 65.9. The van der Waals surface area contributed by atoms with E-state index in [1.807, 2.05) is 0 Å². The number of hydrogen-bond acceptors (Lipinski definition) is 6. The number of ether oxygens (including phenoxy) is 3. The third-order valence-electron chi connectivity index (χ3n) is 15.3. The number of carbonyl (C=O) groups is 3.